The predicted molar refractivity (Wildman–Crippen MR) is 178 cm³/mol. The van der Waals surface area contributed by atoms with Crippen molar-refractivity contribution in [3.05, 3.63) is 24.3 Å². The SMILES string of the molecule is C=C(C)C(=O)OCCNC(=O)C12CC3CC(O)(CC(CCCC45CC6(C)CC(O)(C4)CC(C(=O)NCCOC(=O)C(=C)C)(C6)C5)(C3)C1)C2. The van der Waals surface area contributed by atoms with Gasteiger partial charge in [0.1, 0.15) is 13.2 Å². The van der Waals surface area contributed by atoms with Gasteiger partial charge in [-0.25, -0.2) is 9.59 Å². The molecule has 4 N–H and O–H groups in total. The van der Waals surface area contributed by atoms with Crippen molar-refractivity contribution in [2.75, 3.05) is 26.3 Å². The second kappa shape index (κ2) is 12.0. The monoisotopic (exact) mass is 668 g/mol. The van der Waals surface area contributed by atoms with Gasteiger partial charge in [0.25, 0.3) is 0 Å². The van der Waals surface area contributed by atoms with Gasteiger partial charge in [-0.05, 0) is 126 Å². The van der Waals surface area contributed by atoms with Gasteiger partial charge in [0, 0.05) is 11.1 Å². The smallest absolute Gasteiger partial charge is 0.333 e. The molecule has 2 amide bonds. The van der Waals surface area contributed by atoms with E-state index >= 15 is 0 Å². The normalized spacial score (nSPS) is 41.5. The molecular weight excluding hydrogens is 612 g/mol. The summed E-state index contributed by atoms with van der Waals surface area (Å²) in [6.45, 7) is 13.2. The average molecular weight is 669 g/mol. The summed E-state index contributed by atoms with van der Waals surface area (Å²) >= 11 is 0. The Hall–Kier alpha value is -2.72. The standard InChI is InChI=1S/C38H56N2O8/c1-25(2)28(41)47-11-9-39-30(43)35-14-27-13-33(19-35,21-37(45,15-27)23-35)7-6-8-34-16-32(5)17-36(20-34,24-38(46,18-32)22-34)31(44)40-10-12-48-29(42)26(3)4/h27,45-46H,1,3,6-24H2,2,4-5H3,(H,39,43)(H,40,44). The predicted octanol–water partition coefficient (Wildman–Crippen LogP) is 4.42. The van der Waals surface area contributed by atoms with E-state index in [0.29, 0.717) is 36.3 Å². The molecule has 48 heavy (non-hydrogen) atoms. The summed E-state index contributed by atoms with van der Waals surface area (Å²) in [4.78, 5) is 51.1. The van der Waals surface area contributed by atoms with Crippen LogP contribution < -0.4 is 10.6 Å². The second-order valence-corrected chi connectivity index (χ2v) is 18.1. The third kappa shape index (κ3) is 6.60. The fourth-order valence-corrected chi connectivity index (χ4v) is 13.0. The van der Waals surface area contributed by atoms with E-state index in [1.807, 2.05) is 0 Å². The quantitative estimate of drug-likeness (QED) is 0.121. The molecule has 0 aliphatic heterocycles. The van der Waals surface area contributed by atoms with Gasteiger partial charge in [-0.3, -0.25) is 9.59 Å². The molecule has 10 nitrogen and oxygen atoms in total. The van der Waals surface area contributed by atoms with Gasteiger partial charge in [0.15, 0.2) is 0 Å². The molecule has 0 heterocycles. The number of esters is 2. The molecule has 0 saturated heterocycles. The Bertz CT molecular complexity index is 1390. The van der Waals surface area contributed by atoms with Crippen molar-refractivity contribution in [3.8, 4) is 0 Å². The van der Waals surface area contributed by atoms with Crippen LogP contribution in [-0.2, 0) is 28.7 Å². The number of aliphatic hydroxyl groups is 2. The number of hydrogen-bond acceptors (Lipinski definition) is 8. The van der Waals surface area contributed by atoms with Gasteiger partial charge >= 0.3 is 11.9 Å². The Morgan fingerprint density at radius 3 is 1.79 bits per heavy atom. The Morgan fingerprint density at radius 1 is 0.667 bits per heavy atom. The van der Waals surface area contributed by atoms with Crippen LogP contribution in [0.25, 0.3) is 0 Å². The van der Waals surface area contributed by atoms with Crippen LogP contribution in [0, 0.1) is 33.0 Å². The first-order valence-corrected chi connectivity index (χ1v) is 18.0. The second-order valence-electron chi connectivity index (χ2n) is 18.1. The van der Waals surface area contributed by atoms with Gasteiger partial charge in [-0.1, -0.05) is 26.5 Å². The average Bonchev–Trinajstić information content (AvgIpc) is 2.93. The van der Waals surface area contributed by atoms with E-state index in [-0.39, 0.29) is 54.4 Å². The summed E-state index contributed by atoms with van der Waals surface area (Å²) in [5, 5.41) is 29.7. The van der Waals surface area contributed by atoms with Crippen LogP contribution in [0.3, 0.4) is 0 Å². The lowest BCUT2D eigenvalue weighted by molar-refractivity contribution is -0.231. The number of carbonyl (C=O) groups excluding carboxylic acids is 4. The Labute approximate surface area is 284 Å². The fourth-order valence-electron chi connectivity index (χ4n) is 13.0. The number of nitrogens with one attached hydrogen (secondary N) is 2. The summed E-state index contributed by atoms with van der Waals surface area (Å²) in [5.41, 5.74) is -2.71. The lowest BCUT2D eigenvalue weighted by atomic mass is 9.37. The molecule has 0 aromatic rings. The fraction of sp³-hybridized carbons (Fsp3) is 0.789. The molecule has 8 unspecified atom stereocenters. The van der Waals surface area contributed by atoms with Crippen LogP contribution >= 0.6 is 0 Å². The van der Waals surface area contributed by atoms with E-state index in [9.17, 15) is 29.4 Å². The third-order valence-corrected chi connectivity index (χ3v) is 12.9. The van der Waals surface area contributed by atoms with Crippen molar-refractivity contribution >= 4 is 23.8 Å². The van der Waals surface area contributed by atoms with Crippen molar-refractivity contribution in [1.82, 2.24) is 10.6 Å². The van der Waals surface area contributed by atoms with Crippen LogP contribution in [0.2, 0.25) is 0 Å². The third-order valence-electron chi connectivity index (χ3n) is 12.9. The molecule has 0 radical (unpaired) electrons. The summed E-state index contributed by atoms with van der Waals surface area (Å²) in [6, 6.07) is 0. The van der Waals surface area contributed by atoms with E-state index in [4.69, 9.17) is 9.47 Å². The highest BCUT2D eigenvalue weighted by Crippen LogP contribution is 2.73. The van der Waals surface area contributed by atoms with E-state index in [2.05, 4.69) is 30.7 Å². The minimum Gasteiger partial charge on any atom is -0.460 e. The first kappa shape index (κ1) is 35.1. The molecule has 8 aliphatic carbocycles. The first-order chi connectivity index (χ1) is 22.4. The van der Waals surface area contributed by atoms with E-state index < -0.39 is 34.0 Å². The number of ether oxygens (including phenoxy) is 2. The highest BCUT2D eigenvalue weighted by Gasteiger charge is 2.69. The van der Waals surface area contributed by atoms with Gasteiger partial charge in [0.2, 0.25) is 11.8 Å². The highest BCUT2D eigenvalue weighted by molar-refractivity contribution is 5.87. The van der Waals surface area contributed by atoms with E-state index in [0.717, 1.165) is 77.0 Å². The number of carbonyl (C=O) groups is 4. The zero-order valence-corrected chi connectivity index (χ0v) is 29.3. The van der Waals surface area contributed by atoms with Crippen LogP contribution in [0.1, 0.15) is 117 Å². The Balaban J connectivity index is 1.10. The molecule has 8 rings (SSSR count). The Morgan fingerprint density at radius 2 is 1.21 bits per heavy atom. The van der Waals surface area contributed by atoms with Crippen LogP contribution in [0.5, 0.6) is 0 Å². The minimum absolute atomic E-state index is 0.0423. The zero-order chi connectivity index (χ0) is 34.8. The Kier molecular flexibility index (Phi) is 8.75. The molecule has 10 heteroatoms. The van der Waals surface area contributed by atoms with Crippen molar-refractivity contribution in [1.29, 1.82) is 0 Å². The van der Waals surface area contributed by atoms with Crippen LogP contribution in [0.15, 0.2) is 24.3 Å². The minimum atomic E-state index is -0.871. The van der Waals surface area contributed by atoms with Gasteiger partial charge in [0.05, 0.1) is 35.1 Å². The molecule has 266 valence electrons. The van der Waals surface area contributed by atoms with Crippen LogP contribution in [-0.4, -0.2) is 71.5 Å². The molecule has 8 bridgehead atoms. The first-order valence-electron chi connectivity index (χ1n) is 18.0. The number of amides is 2. The van der Waals surface area contributed by atoms with E-state index in [1.54, 1.807) is 13.8 Å². The van der Waals surface area contributed by atoms with Gasteiger partial charge in [-0.15, -0.1) is 0 Å². The molecule has 8 saturated carbocycles. The zero-order valence-electron chi connectivity index (χ0n) is 29.3. The molecule has 0 aromatic heterocycles. The van der Waals surface area contributed by atoms with Crippen molar-refractivity contribution in [3.63, 3.8) is 0 Å². The summed E-state index contributed by atoms with van der Waals surface area (Å²) < 4.78 is 10.4. The van der Waals surface area contributed by atoms with Gasteiger partial charge in [-0.2, -0.15) is 0 Å². The summed E-state index contributed by atoms with van der Waals surface area (Å²) in [5.74, 6) is -0.731. The maximum absolute atomic E-state index is 13.8. The number of hydrogen-bond donors (Lipinski definition) is 4. The van der Waals surface area contributed by atoms with Crippen molar-refractivity contribution in [2.45, 2.75) is 128 Å². The van der Waals surface area contributed by atoms with E-state index in [1.165, 1.54) is 0 Å². The van der Waals surface area contributed by atoms with Crippen molar-refractivity contribution in [2.24, 2.45) is 33.0 Å². The molecule has 0 spiro atoms. The molecule has 8 aliphatic rings. The summed E-state index contributed by atoms with van der Waals surface area (Å²) in [7, 11) is 0. The maximum Gasteiger partial charge on any atom is 0.333 e. The molecule has 8 fully saturated rings. The molecular formula is C38H56N2O8. The lowest BCUT2D eigenvalue weighted by Gasteiger charge is -2.68. The van der Waals surface area contributed by atoms with Gasteiger partial charge < -0.3 is 30.3 Å². The largest absolute Gasteiger partial charge is 0.460 e. The summed E-state index contributed by atoms with van der Waals surface area (Å²) in [6.07, 6.45) is 11.7. The van der Waals surface area contributed by atoms with Crippen LogP contribution in [0.4, 0.5) is 0 Å². The highest BCUT2D eigenvalue weighted by atomic mass is 16.5. The van der Waals surface area contributed by atoms with Crippen molar-refractivity contribution < 1.29 is 38.9 Å². The molecule has 8 atom stereocenters. The maximum atomic E-state index is 13.8. The number of rotatable bonds is 14. The topological polar surface area (TPSA) is 151 Å². The lowest BCUT2D eigenvalue weighted by Crippen LogP contribution is -2.66. The molecule has 0 aromatic carbocycles.